The van der Waals surface area contributed by atoms with E-state index in [0.717, 1.165) is 0 Å². The maximum absolute atomic E-state index is 13.4. The average molecular weight is 211 g/mol. The molecule has 0 fully saturated rings. The molecule has 0 spiro atoms. The van der Waals surface area contributed by atoms with Crippen molar-refractivity contribution < 1.29 is 18.7 Å². The lowest BCUT2D eigenvalue weighted by molar-refractivity contribution is -0.0166. The van der Waals surface area contributed by atoms with E-state index in [2.05, 4.69) is 0 Å². The number of rotatable bonds is 2. The summed E-state index contributed by atoms with van der Waals surface area (Å²) in [5, 5.41) is 0. The van der Waals surface area contributed by atoms with Gasteiger partial charge in [0.2, 0.25) is 0 Å². The van der Waals surface area contributed by atoms with Crippen molar-refractivity contribution in [2.75, 3.05) is 13.3 Å². The van der Waals surface area contributed by atoms with E-state index in [1.807, 2.05) is 0 Å². The third-order valence-corrected chi connectivity index (χ3v) is 2.19. The molecule has 80 valence electrons. The summed E-state index contributed by atoms with van der Waals surface area (Å²) in [6.45, 7) is 0.199. The first kappa shape index (κ1) is 10.1. The second-order valence-corrected chi connectivity index (χ2v) is 3.18. The summed E-state index contributed by atoms with van der Waals surface area (Å²) in [6.07, 6.45) is 0. The lowest BCUT2D eigenvalue weighted by Gasteiger charge is -2.18. The van der Waals surface area contributed by atoms with Crippen molar-refractivity contribution in [2.24, 2.45) is 5.73 Å². The summed E-state index contributed by atoms with van der Waals surface area (Å²) < 4.78 is 23.5. The molecule has 15 heavy (non-hydrogen) atoms. The smallest absolute Gasteiger partial charge is 0.189 e. The number of carbonyl (C=O) groups excluding carboxylic acids is 1. The molecule has 1 aliphatic rings. The number of ketones is 1. The monoisotopic (exact) mass is 211 g/mol. The highest BCUT2D eigenvalue weighted by atomic mass is 19.1. The van der Waals surface area contributed by atoms with Gasteiger partial charge in [-0.15, -0.1) is 0 Å². The van der Waals surface area contributed by atoms with E-state index in [9.17, 15) is 9.18 Å². The fourth-order valence-electron chi connectivity index (χ4n) is 1.42. The molecule has 1 heterocycles. The van der Waals surface area contributed by atoms with Gasteiger partial charge in [0, 0.05) is 5.56 Å². The second-order valence-electron chi connectivity index (χ2n) is 3.18. The molecule has 0 radical (unpaired) electrons. The first-order chi connectivity index (χ1) is 7.22. The van der Waals surface area contributed by atoms with Crippen LogP contribution >= 0.6 is 0 Å². The van der Waals surface area contributed by atoms with E-state index in [1.54, 1.807) is 0 Å². The van der Waals surface area contributed by atoms with Crippen LogP contribution in [0.4, 0.5) is 4.39 Å². The average Bonchev–Trinajstić information content (AvgIpc) is 2.27. The van der Waals surface area contributed by atoms with Crippen LogP contribution in [0, 0.1) is 5.82 Å². The van der Waals surface area contributed by atoms with Gasteiger partial charge in [0.1, 0.15) is 11.6 Å². The normalized spacial score (nSPS) is 14.3. The summed E-state index contributed by atoms with van der Waals surface area (Å²) in [4.78, 5) is 11.3. The molecular formula is C10H10FNO3. The zero-order chi connectivity index (χ0) is 10.8. The number of ether oxygens (including phenoxy) is 2. The van der Waals surface area contributed by atoms with Crippen LogP contribution in [0.3, 0.4) is 0 Å². The van der Waals surface area contributed by atoms with Crippen molar-refractivity contribution in [3.63, 3.8) is 0 Å². The van der Waals surface area contributed by atoms with Gasteiger partial charge < -0.3 is 15.2 Å². The molecular weight excluding hydrogens is 201 g/mol. The van der Waals surface area contributed by atoms with Gasteiger partial charge in [-0.1, -0.05) is 0 Å². The van der Waals surface area contributed by atoms with Crippen molar-refractivity contribution in [3.05, 3.63) is 29.1 Å². The summed E-state index contributed by atoms with van der Waals surface area (Å²) >= 11 is 0. The zero-order valence-corrected chi connectivity index (χ0v) is 7.96. The fraction of sp³-hybridized carbons (Fsp3) is 0.300. The summed E-state index contributed by atoms with van der Waals surface area (Å²) in [6, 6.07) is 2.62. The van der Waals surface area contributed by atoms with Crippen molar-refractivity contribution in [3.8, 4) is 5.75 Å². The summed E-state index contributed by atoms with van der Waals surface area (Å²) in [7, 11) is 0. The number of nitrogens with two attached hydrogens (primary N) is 1. The molecule has 0 atom stereocenters. The van der Waals surface area contributed by atoms with E-state index >= 15 is 0 Å². The third kappa shape index (κ3) is 1.84. The number of hydrogen-bond donors (Lipinski definition) is 1. The van der Waals surface area contributed by atoms with Gasteiger partial charge in [0.05, 0.1) is 18.7 Å². The van der Waals surface area contributed by atoms with E-state index in [4.69, 9.17) is 15.2 Å². The molecule has 0 saturated heterocycles. The molecule has 0 unspecified atom stereocenters. The van der Waals surface area contributed by atoms with Gasteiger partial charge in [0.25, 0.3) is 0 Å². The maximum Gasteiger partial charge on any atom is 0.189 e. The Morgan fingerprint density at radius 3 is 3.07 bits per heavy atom. The number of fused-ring (bicyclic) bond motifs is 1. The van der Waals surface area contributed by atoms with Crippen LogP contribution in [0.5, 0.6) is 5.75 Å². The van der Waals surface area contributed by atoms with Crippen LogP contribution in [0.15, 0.2) is 12.1 Å². The number of benzene rings is 1. The highest BCUT2D eigenvalue weighted by Gasteiger charge is 2.18. The predicted molar refractivity (Wildman–Crippen MR) is 50.1 cm³/mol. The Morgan fingerprint density at radius 2 is 2.33 bits per heavy atom. The van der Waals surface area contributed by atoms with Gasteiger partial charge in [-0.05, 0) is 12.1 Å². The maximum atomic E-state index is 13.4. The quantitative estimate of drug-likeness (QED) is 0.736. The first-order valence-electron chi connectivity index (χ1n) is 4.48. The fourth-order valence-corrected chi connectivity index (χ4v) is 1.42. The minimum absolute atomic E-state index is 0.0295. The molecule has 0 amide bonds. The van der Waals surface area contributed by atoms with E-state index in [1.165, 1.54) is 12.1 Å². The van der Waals surface area contributed by atoms with Gasteiger partial charge >= 0.3 is 0 Å². The molecule has 5 heteroatoms. The Balaban J connectivity index is 2.44. The zero-order valence-electron chi connectivity index (χ0n) is 7.96. The number of hydrogen-bond acceptors (Lipinski definition) is 4. The van der Waals surface area contributed by atoms with Crippen molar-refractivity contribution in [1.29, 1.82) is 0 Å². The SMILES string of the molecule is NCC(=O)c1cc2c(cc1F)COCO2. The Kier molecular flexibility index (Phi) is 2.66. The topological polar surface area (TPSA) is 61.6 Å². The molecule has 1 aromatic carbocycles. The Labute approximate surface area is 85.8 Å². The summed E-state index contributed by atoms with van der Waals surface area (Å²) in [5.74, 6) is -0.539. The number of halogens is 1. The molecule has 2 rings (SSSR count). The van der Waals surface area contributed by atoms with Crippen LogP contribution in [0.1, 0.15) is 15.9 Å². The predicted octanol–water partition coefficient (Wildman–Crippen LogP) is 0.834. The minimum atomic E-state index is -0.585. The van der Waals surface area contributed by atoms with E-state index < -0.39 is 11.6 Å². The van der Waals surface area contributed by atoms with Gasteiger partial charge in [0.15, 0.2) is 12.6 Å². The van der Waals surface area contributed by atoms with Gasteiger partial charge in [-0.2, -0.15) is 0 Å². The standard InChI is InChI=1S/C10H10FNO3/c11-8-1-6-4-14-5-15-10(6)2-7(8)9(13)3-12/h1-2H,3-5,12H2. The highest BCUT2D eigenvalue weighted by molar-refractivity contribution is 5.98. The Morgan fingerprint density at radius 1 is 1.53 bits per heavy atom. The summed E-state index contributed by atoms with van der Waals surface area (Å²) in [5.41, 5.74) is 5.74. The van der Waals surface area contributed by atoms with Crippen molar-refractivity contribution >= 4 is 5.78 Å². The molecule has 0 aliphatic carbocycles. The first-order valence-corrected chi connectivity index (χ1v) is 4.48. The van der Waals surface area contributed by atoms with Crippen LogP contribution in [-0.2, 0) is 11.3 Å². The van der Waals surface area contributed by atoms with Crippen LogP contribution < -0.4 is 10.5 Å². The third-order valence-electron chi connectivity index (χ3n) is 2.19. The Hall–Kier alpha value is -1.46. The van der Waals surface area contributed by atoms with Gasteiger partial charge in [-0.25, -0.2) is 4.39 Å². The molecule has 1 aliphatic heterocycles. The van der Waals surface area contributed by atoms with Crippen LogP contribution in [0.2, 0.25) is 0 Å². The largest absolute Gasteiger partial charge is 0.467 e. The second kappa shape index (κ2) is 3.96. The lowest BCUT2D eigenvalue weighted by atomic mass is 10.1. The van der Waals surface area contributed by atoms with Crippen molar-refractivity contribution in [1.82, 2.24) is 0 Å². The molecule has 0 saturated carbocycles. The van der Waals surface area contributed by atoms with E-state index in [-0.39, 0.29) is 18.9 Å². The number of Topliss-reactive ketones (excluding diaryl/α,β-unsaturated/α-hetero) is 1. The molecule has 2 N–H and O–H groups in total. The highest BCUT2D eigenvalue weighted by Crippen LogP contribution is 2.26. The molecule has 0 aromatic heterocycles. The minimum Gasteiger partial charge on any atom is -0.467 e. The number of carbonyl (C=O) groups is 1. The van der Waals surface area contributed by atoms with Gasteiger partial charge in [-0.3, -0.25) is 4.79 Å². The lowest BCUT2D eigenvalue weighted by Crippen LogP contribution is -2.17. The Bertz CT molecular complexity index is 406. The van der Waals surface area contributed by atoms with Crippen LogP contribution in [-0.4, -0.2) is 19.1 Å². The molecule has 0 bridgehead atoms. The van der Waals surface area contributed by atoms with Crippen molar-refractivity contribution in [2.45, 2.75) is 6.61 Å². The molecule has 4 nitrogen and oxygen atoms in total. The van der Waals surface area contributed by atoms with Crippen LogP contribution in [0.25, 0.3) is 0 Å². The van der Waals surface area contributed by atoms with E-state index in [0.29, 0.717) is 17.9 Å². The molecule has 1 aromatic rings.